The van der Waals surface area contributed by atoms with Gasteiger partial charge in [-0.25, -0.2) is 4.98 Å². The predicted octanol–water partition coefficient (Wildman–Crippen LogP) is 4.29. The van der Waals surface area contributed by atoms with E-state index in [1.54, 1.807) is 6.08 Å². The van der Waals surface area contributed by atoms with Gasteiger partial charge in [-0.05, 0) is 30.7 Å². The molecule has 1 aromatic carbocycles. The topological polar surface area (TPSA) is 41.1 Å². The summed E-state index contributed by atoms with van der Waals surface area (Å²) in [6.45, 7) is 0.563. The van der Waals surface area contributed by atoms with Crippen molar-refractivity contribution < 1.29 is 18.0 Å². The summed E-state index contributed by atoms with van der Waals surface area (Å²) in [5.74, 6) is 0.518. The Labute approximate surface area is 141 Å². The van der Waals surface area contributed by atoms with Crippen molar-refractivity contribution in [3.05, 3.63) is 48.2 Å². The third-order valence-corrected chi connectivity index (χ3v) is 4.50. The van der Waals surface area contributed by atoms with Gasteiger partial charge in [0.25, 0.3) is 0 Å². The number of nitrogens with zero attached hydrogens (tertiary/aromatic N) is 2. The van der Waals surface area contributed by atoms with E-state index in [2.05, 4.69) is 9.97 Å². The maximum Gasteiger partial charge on any atom is 0.414 e. The first-order chi connectivity index (χ1) is 11.4. The number of hydrogen-bond donors (Lipinski definition) is 1. The van der Waals surface area contributed by atoms with E-state index in [1.165, 1.54) is 23.0 Å². The smallest absolute Gasteiger partial charge is 0.333 e. The number of alkyl halides is 3. The number of halogens is 3. The van der Waals surface area contributed by atoms with Gasteiger partial charge in [0.15, 0.2) is 11.8 Å². The van der Waals surface area contributed by atoms with E-state index in [0.29, 0.717) is 5.75 Å². The molecule has 128 valence electrons. The Kier molecular flexibility index (Phi) is 4.86. The Balaban J connectivity index is 1.66. The molecule has 0 saturated carbocycles. The van der Waals surface area contributed by atoms with E-state index >= 15 is 0 Å². The largest absolute Gasteiger partial charge is 0.414 e. The maximum atomic E-state index is 12.4. The highest BCUT2D eigenvalue weighted by Crippen LogP contribution is 2.27. The Morgan fingerprint density at radius 2 is 2.12 bits per heavy atom. The minimum atomic E-state index is -4.36. The molecule has 0 bridgehead atoms. The Morgan fingerprint density at radius 1 is 1.33 bits per heavy atom. The van der Waals surface area contributed by atoms with Crippen molar-refractivity contribution in [1.82, 2.24) is 15.0 Å². The summed E-state index contributed by atoms with van der Waals surface area (Å²) >= 11 is 1.45. The van der Waals surface area contributed by atoms with Crippen molar-refractivity contribution in [1.29, 1.82) is 0 Å². The molecule has 2 heterocycles. The Morgan fingerprint density at radius 3 is 2.88 bits per heavy atom. The fourth-order valence-corrected chi connectivity index (χ4v) is 3.41. The van der Waals surface area contributed by atoms with Crippen LogP contribution in [0.5, 0.6) is 0 Å². The lowest BCUT2D eigenvalue weighted by Gasteiger charge is -2.32. The number of aromatic nitrogens is 2. The molecule has 3 rings (SSSR count). The summed E-state index contributed by atoms with van der Waals surface area (Å²) in [5, 5.41) is 1.99. The molecule has 0 amide bonds. The highest BCUT2D eigenvalue weighted by Gasteiger charge is 2.31. The molecular weight excluding hydrogens is 339 g/mol. The van der Waals surface area contributed by atoms with Crippen LogP contribution in [0.3, 0.4) is 0 Å². The SMILES string of the molecule is CC1=CC=CN(OCC(F)(F)F)C1CSc1nc2ccccc2[nH]1. The first kappa shape index (κ1) is 16.9. The molecule has 0 aliphatic carbocycles. The van der Waals surface area contributed by atoms with E-state index in [0.717, 1.165) is 21.8 Å². The van der Waals surface area contributed by atoms with E-state index in [1.807, 2.05) is 37.3 Å². The molecule has 0 spiro atoms. The molecule has 1 atom stereocenters. The van der Waals surface area contributed by atoms with Crippen molar-refractivity contribution in [2.45, 2.75) is 24.3 Å². The molecule has 1 aliphatic rings. The number of aromatic amines is 1. The van der Waals surface area contributed by atoms with Crippen LogP contribution in [0.1, 0.15) is 6.92 Å². The average Bonchev–Trinajstić information content (AvgIpc) is 2.94. The van der Waals surface area contributed by atoms with E-state index in [9.17, 15) is 13.2 Å². The molecule has 0 fully saturated rings. The van der Waals surface area contributed by atoms with Crippen molar-refractivity contribution in [2.24, 2.45) is 0 Å². The average molecular weight is 355 g/mol. The van der Waals surface area contributed by atoms with Crippen LogP contribution in [-0.2, 0) is 4.84 Å². The fourth-order valence-electron chi connectivity index (χ4n) is 2.34. The van der Waals surface area contributed by atoms with Crippen molar-refractivity contribution >= 4 is 22.8 Å². The number of fused-ring (bicyclic) bond motifs is 1. The molecule has 0 saturated heterocycles. The van der Waals surface area contributed by atoms with Gasteiger partial charge in [-0.2, -0.15) is 13.2 Å². The molecule has 24 heavy (non-hydrogen) atoms. The Bertz CT molecular complexity index is 736. The molecule has 1 unspecified atom stereocenters. The maximum absolute atomic E-state index is 12.4. The van der Waals surface area contributed by atoms with Crippen molar-refractivity contribution in [3.63, 3.8) is 0 Å². The number of benzene rings is 1. The van der Waals surface area contributed by atoms with Gasteiger partial charge in [-0.1, -0.05) is 30.0 Å². The zero-order chi connectivity index (χ0) is 17.2. The molecule has 1 N–H and O–H groups in total. The molecule has 1 aliphatic heterocycles. The summed E-state index contributed by atoms with van der Waals surface area (Å²) in [6.07, 6.45) is 0.702. The summed E-state index contributed by atoms with van der Waals surface area (Å²) in [4.78, 5) is 12.6. The summed E-state index contributed by atoms with van der Waals surface area (Å²) in [7, 11) is 0. The summed E-state index contributed by atoms with van der Waals surface area (Å²) < 4.78 is 37.2. The first-order valence-corrected chi connectivity index (χ1v) is 8.31. The lowest BCUT2D eigenvalue weighted by atomic mass is 10.1. The summed E-state index contributed by atoms with van der Waals surface area (Å²) in [5.41, 5.74) is 2.73. The standard InChI is InChI=1S/C16H16F3N3OS/c1-11-5-4-8-22(23-10-16(17,18)19)14(11)9-24-15-20-12-6-2-3-7-13(12)21-15/h2-8,14H,9-10H2,1H3,(H,20,21). The highest BCUT2D eigenvalue weighted by atomic mass is 32.2. The van der Waals surface area contributed by atoms with Crippen LogP contribution in [0, 0.1) is 0 Å². The minimum absolute atomic E-state index is 0.282. The molecule has 1 aromatic heterocycles. The van der Waals surface area contributed by atoms with Crippen LogP contribution in [-0.4, -0.2) is 39.6 Å². The van der Waals surface area contributed by atoms with Crippen LogP contribution in [0.25, 0.3) is 11.0 Å². The number of hydrogen-bond acceptors (Lipinski definition) is 4. The number of thioether (sulfide) groups is 1. The molecule has 8 heteroatoms. The van der Waals surface area contributed by atoms with Gasteiger partial charge < -0.3 is 4.98 Å². The quantitative estimate of drug-likeness (QED) is 0.812. The third-order valence-electron chi connectivity index (χ3n) is 3.55. The van der Waals surface area contributed by atoms with Crippen LogP contribution in [0.15, 0.2) is 53.3 Å². The van der Waals surface area contributed by atoms with Crippen molar-refractivity contribution in [3.8, 4) is 0 Å². The van der Waals surface area contributed by atoms with Gasteiger partial charge in [0.05, 0.1) is 17.1 Å². The highest BCUT2D eigenvalue weighted by molar-refractivity contribution is 7.99. The van der Waals surface area contributed by atoms with Gasteiger partial charge in [0.2, 0.25) is 0 Å². The minimum Gasteiger partial charge on any atom is -0.333 e. The number of rotatable bonds is 5. The van der Waals surface area contributed by atoms with Crippen molar-refractivity contribution in [2.75, 3.05) is 12.4 Å². The lowest BCUT2D eigenvalue weighted by Crippen LogP contribution is -2.38. The number of allylic oxidation sites excluding steroid dienone is 2. The Hall–Kier alpha value is -1.93. The predicted molar refractivity (Wildman–Crippen MR) is 87.3 cm³/mol. The van der Waals surface area contributed by atoms with Gasteiger partial charge in [0, 0.05) is 12.0 Å². The van der Waals surface area contributed by atoms with Crippen LogP contribution in [0.2, 0.25) is 0 Å². The van der Waals surface area contributed by atoms with Gasteiger partial charge >= 0.3 is 6.18 Å². The zero-order valence-electron chi connectivity index (χ0n) is 12.9. The van der Waals surface area contributed by atoms with E-state index in [4.69, 9.17) is 4.84 Å². The number of nitrogens with one attached hydrogen (secondary N) is 1. The van der Waals surface area contributed by atoms with Gasteiger partial charge in [-0.3, -0.25) is 9.90 Å². The number of hydroxylamine groups is 2. The number of H-pyrrole nitrogens is 1. The fraction of sp³-hybridized carbons (Fsp3) is 0.312. The number of para-hydroxylation sites is 2. The van der Waals surface area contributed by atoms with Gasteiger partial charge in [0.1, 0.15) is 0 Å². The lowest BCUT2D eigenvalue weighted by molar-refractivity contribution is -0.242. The summed E-state index contributed by atoms with van der Waals surface area (Å²) in [6, 6.07) is 7.38. The molecule has 0 radical (unpaired) electrons. The normalized spacial score (nSPS) is 18.2. The molecule has 2 aromatic rings. The molecular formula is C16H16F3N3OS. The van der Waals surface area contributed by atoms with Crippen LogP contribution >= 0.6 is 11.8 Å². The number of imidazole rings is 1. The van der Waals surface area contributed by atoms with E-state index < -0.39 is 12.8 Å². The van der Waals surface area contributed by atoms with Crippen LogP contribution < -0.4 is 0 Å². The second kappa shape index (κ2) is 6.90. The first-order valence-electron chi connectivity index (χ1n) is 7.33. The second-order valence-corrected chi connectivity index (χ2v) is 6.40. The third kappa shape index (κ3) is 4.12. The monoisotopic (exact) mass is 355 g/mol. The zero-order valence-corrected chi connectivity index (χ0v) is 13.7. The van der Waals surface area contributed by atoms with Gasteiger partial charge in [-0.15, -0.1) is 0 Å². The van der Waals surface area contributed by atoms with E-state index in [-0.39, 0.29) is 6.04 Å². The second-order valence-electron chi connectivity index (χ2n) is 5.39. The van der Waals surface area contributed by atoms with Crippen LogP contribution in [0.4, 0.5) is 13.2 Å². The molecule has 4 nitrogen and oxygen atoms in total.